The van der Waals surface area contributed by atoms with E-state index >= 15 is 0 Å². The summed E-state index contributed by atoms with van der Waals surface area (Å²) in [6, 6.07) is 11.6. The maximum atomic E-state index is 13.3. The van der Waals surface area contributed by atoms with Crippen molar-refractivity contribution < 1.29 is 22.4 Å². The Bertz CT molecular complexity index is 1220. The summed E-state index contributed by atoms with van der Waals surface area (Å²) in [7, 11) is 0. The van der Waals surface area contributed by atoms with E-state index in [1.807, 2.05) is 9.80 Å². The average molecular weight is 534 g/mol. The fourth-order valence-corrected chi connectivity index (χ4v) is 5.62. The van der Waals surface area contributed by atoms with Gasteiger partial charge in [-0.1, -0.05) is 18.2 Å². The highest BCUT2D eigenvalue weighted by Crippen LogP contribution is 2.32. The minimum Gasteiger partial charge on any atom is -0.368 e. The number of rotatable bonds is 5. The summed E-state index contributed by atoms with van der Waals surface area (Å²) < 4.78 is 56.8. The summed E-state index contributed by atoms with van der Waals surface area (Å²) in [6.07, 6.45) is -2.20. The molecule has 0 saturated carbocycles. The number of hydrogen-bond donors (Lipinski definition) is 0. The molecular formula is C26H27F4N5OS. The van der Waals surface area contributed by atoms with E-state index in [4.69, 9.17) is 0 Å². The van der Waals surface area contributed by atoms with Crippen LogP contribution in [0.3, 0.4) is 0 Å². The Labute approximate surface area is 216 Å². The molecule has 0 bridgehead atoms. The predicted octanol–water partition coefficient (Wildman–Crippen LogP) is 4.85. The molecule has 1 atom stereocenters. The van der Waals surface area contributed by atoms with Gasteiger partial charge in [0, 0.05) is 62.9 Å². The number of aromatic nitrogens is 2. The van der Waals surface area contributed by atoms with Crippen LogP contribution in [0.1, 0.15) is 29.8 Å². The Morgan fingerprint density at radius 2 is 1.76 bits per heavy atom. The van der Waals surface area contributed by atoms with Gasteiger partial charge in [-0.15, -0.1) is 0 Å². The quantitative estimate of drug-likeness (QED) is 0.439. The minimum atomic E-state index is -4.38. The number of halogens is 4. The van der Waals surface area contributed by atoms with E-state index in [-0.39, 0.29) is 17.6 Å². The lowest BCUT2D eigenvalue weighted by Gasteiger charge is -2.39. The zero-order valence-corrected chi connectivity index (χ0v) is 20.9. The van der Waals surface area contributed by atoms with Crippen molar-refractivity contribution in [2.45, 2.75) is 25.4 Å². The van der Waals surface area contributed by atoms with Crippen LogP contribution in [0.5, 0.6) is 0 Å². The van der Waals surface area contributed by atoms with Crippen LogP contribution in [-0.4, -0.2) is 59.4 Å². The largest absolute Gasteiger partial charge is 0.416 e. The fourth-order valence-electron chi connectivity index (χ4n) is 4.90. The van der Waals surface area contributed by atoms with Crippen LogP contribution in [0.2, 0.25) is 0 Å². The van der Waals surface area contributed by atoms with E-state index in [1.165, 1.54) is 35.8 Å². The van der Waals surface area contributed by atoms with E-state index in [0.29, 0.717) is 50.7 Å². The van der Waals surface area contributed by atoms with Crippen molar-refractivity contribution in [3.63, 3.8) is 0 Å². The first kappa shape index (κ1) is 25.4. The molecule has 2 aromatic carbocycles. The van der Waals surface area contributed by atoms with Gasteiger partial charge in [-0.05, 0) is 48.7 Å². The van der Waals surface area contributed by atoms with Crippen LogP contribution in [0, 0.1) is 11.7 Å². The molecule has 1 amide bonds. The van der Waals surface area contributed by atoms with Gasteiger partial charge < -0.3 is 14.7 Å². The van der Waals surface area contributed by atoms with Gasteiger partial charge in [0.1, 0.15) is 11.6 Å². The molecule has 1 aromatic heterocycles. The SMILES string of the molecule is O=C(C1CCCN(c2nc(Cc3ccc(F)cc3)ns2)C1)N1CCN(c2cccc(C(F)(F)F)c2)CC1. The summed E-state index contributed by atoms with van der Waals surface area (Å²) in [5, 5.41) is 0.781. The second-order valence-electron chi connectivity index (χ2n) is 9.44. The summed E-state index contributed by atoms with van der Waals surface area (Å²) in [5.41, 5.74) is 0.795. The van der Waals surface area contributed by atoms with Gasteiger partial charge >= 0.3 is 6.18 Å². The number of anilines is 2. The summed E-state index contributed by atoms with van der Waals surface area (Å²) in [6.45, 7) is 3.31. The maximum absolute atomic E-state index is 13.3. The number of carbonyl (C=O) groups excluding carboxylic acids is 1. The molecule has 1 unspecified atom stereocenters. The Morgan fingerprint density at radius 3 is 2.49 bits per heavy atom. The van der Waals surface area contributed by atoms with Crippen molar-refractivity contribution in [3.05, 3.63) is 71.3 Å². The normalized spacial score (nSPS) is 18.8. The molecule has 0 N–H and O–H groups in total. The monoisotopic (exact) mass is 533 g/mol. The number of benzene rings is 2. The molecule has 0 aliphatic carbocycles. The Hall–Kier alpha value is -3.21. The molecular weight excluding hydrogens is 506 g/mol. The van der Waals surface area contributed by atoms with Crippen LogP contribution >= 0.6 is 11.5 Å². The third-order valence-electron chi connectivity index (χ3n) is 6.90. The van der Waals surface area contributed by atoms with Crippen LogP contribution in [0.4, 0.5) is 28.4 Å². The number of nitrogens with zero attached hydrogens (tertiary/aromatic N) is 5. The fraction of sp³-hybridized carbons (Fsp3) is 0.423. The van der Waals surface area contributed by atoms with E-state index in [0.717, 1.165) is 36.1 Å². The molecule has 6 nitrogen and oxygen atoms in total. The lowest BCUT2D eigenvalue weighted by molar-refractivity contribution is -0.137. The zero-order valence-electron chi connectivity index (χ0n) is 20.1. The van der Waals surface area contributed by atoms with Crippen LogP contribution in [-0.2, 0) is 17.4 Å². The molecule has 2 fully saturated rings. The molecule has 2 saturated heterocycles. The van der Waals surface area contributed by atoms with E-state index in [9.17, 15) is 22.4 Å². The van der Waals surface area contributed by atoms with Crippen molar-refractivity contribution in [2.24, 2.45) is 5.92 Å². The minimum absolute atomic E-state index is 0.0874. The third-order valence-corrected chi connectivity index (χ3v) is 7.72. The van der Waals surface area contributed by atoms with Gasteiger partial charge in [-0.2, -0.15) is 17.5 Å². The van der Waals surface area contributed by atoms with Crippen LogP contribution in [0.25, 0.3) is 0 Å². The Morgan fingerprint density at radius 1 is 1.00 bits per heavy atom. The molecule has 0 radical (unpaired) electrons. The lowest BCUT2D eigenvalue weighted by Crippen LogP contribution is -2.52. The highest BCUT2D eigenvalue weighted by Gasteiger charge is 2.33. The van der Waals surface area contributed by atoms with Crippen LogP contribution < -0.4 is 9.80 Å². The van der Waals surface area contributed by atoms with Gasteiger partial charge in [0.2, 0.25) is 11.0 Å². The number of hydrogen-bond acceptors (Lipinski definition) is 6. The third kappa shape index (κ3) is 6.03. The first-order chi connectivity index (χ1) is 17.8. The number of amides is 1. The molecule has 11 heteroatoms. The number of piperidine rings is 1. The average Bonchev–Trinajstić information content (AvgIpc) is 3.38. The molecule has 37 heavy (non-hydrogen) atoms. The molecule has 0 spiro atoms. The van der Waals surface area contributed by atoms with Gasteiger partial charge in [-0.3, -0.25) is 4.79 Å². The van der Waals surface area contributed by atoms with Crippen molar-refractivity contribution in [2.75, 3.05) is 49.1 Å². The standard InChI is InChI=1S/C26H27F4N5OS/c27-21-8-6-18(7-9-21)15-23-31-25(37-32-23)35-10-2-3-19(17-35)24(36)34-13-11-33(12-14-34)22-5-1-4-20(16-22)26(28,29)30/h1,4-9,16,19H,2-3,10-15,17H2. The van der Waals surface area contributed by atoms with E-state index in [2.05, 4.69) is 14.3 Å². The number of alkyl halides is 3. The van der Waals surface area contributed by atoms with Gasteiger partial charge in [0.05, 0.1) is 11.5 Å². The Balaban J connectivity index is 1.16. The van der Waals surface area contributed by atoms with Crippen molar-refractivity contribution in [1.82, 2.24) is 14.3 Å². The van der Waals surface area contributed by atoms with E-state index < -0.39 is 11.7 Å². The highest BCUT2D eigenvalue weighted by atomic mass is 32.1. The highest BCUT2D eigenvalue weighted by molar-refractivity contribution is 7.09. The molecule has 196 valence electrons. The molecule has 3 aromatic rings. The summed E-state index contributed by atoms with van der Waals surface area (Å²) in [4.78, 5) is 23.8. The molecule has 3 heterocycles. The predicted molar refractivity (Wildman–Crippen MR) is 134 cm³/mol. The summed E-state index contributed by atoms with van der Waals surface area (Å²) >= 11 is 1.31. The van der Waals surface area contributed by atoms with Gasteiger partial charge in [-0.25, -0.2) is 9.37 Å². The second-order valence-corrected chi connectivity index (χ2v) is 10.2. The molecule has 2 aliphatic heterocycles. The van der Waals surface area contributed by atoms with Crippen LogP contribution in [0.15, 0.2) is 48.5 Å². The van der Waals surface area contributed by atoms with Crippen molar-refractivity contribution in [1.29, 1.82) is 0 Å². The maximum Gasteiger partial charge on any atom is 0.416 e. The zero-order chi connectivity index (χ0) is 26.0. The van der Waals surface area contributed by atoms with Crippen molar-refractivity contribution in [3.8, 4) is 0 Å². The van der Waals surface area contributed by atoms with E-state index in [1.54, 1.807) is 18.2 Å². The second kappa shape index (κ2) is 10.6. The smallest absolute Gasteiger partial charge is 0.368 e. The van der Waals surface area contributed by atoms with Gasteiger partial charge in [0.15, 0.2) is 0 Å². The molecule has 5 rings (SSSR count). The Kier molecular flexibility index (Phi) is 7.32. The number of carbonyl (C=O) groups is 1. The first-order valence-corrected chi connectivity index (χ1v) is 13.1. The van der Waals surface area contributed by atoms with Gasteiger partial charge in [0.25, 0.3) is 0 Å². The van der Waals surface area contributed by atoms with Crippen molar-refractivity contribution >= 4 is 28.3 Å². The summed E-state index contributed by atoms with van der Waals surface area (Å²) in [5.74, 6) is 0.324. The molecule has 2 aliphatic rings. The topological polar surface area (TPSA) is 52.6 Å². The first-order valence-electron chi connectivity index (χ1n) is 12.3. The lowest BCUT2D eigenvalue weighted by atomic mass is 9.96. The number of piperazine rings is 1.